The number of hydrogen-bond acceptors (Lipinski definition) is 3. The molecule has 1 aromatic heterocycles. The van der Waals surface area contributed by atoms with Gasteiger partial charge in [-0.1, -0.05) is 12.1 Å². The van der Waals surface area contributed by atoms with Gasteiger partial charge in [-0.15, -0.1) is 0 Å². The third kappa shape index (κ3) is 3.62. The number of benzene rings is 1. The molecule has 0 radical (unpaired) electrons. The molecule has 1 N–H and O–H groups in total. The number of carbonyl (C=O) groups excluding carboxylic acids is 1. The molecule has 1 saturated heterocycles. The fraction of sp³-hybridized carbons (Fsp3) is 0.333. The van der Waals surface area contributed by atoms with Crippen LogP contribution in [0, 0.1) is 5.92 Å². The lowest BCUT2D eigenvalue weighted by Gasteiger charge is -2.31. The van der Waals surface area contributed by atoms with E-state index < -0.39 is 5.97 Å². The molecule has 1 fully saturated rings. The Morgan fingerprint density at radius 2 is 1.96 bits per heavy atom. The van der Waals surface area contributed by atoms with Crippen LogP contribution in [0.15, 0.2) is 47.3 Å². The lowest BCUT2D eigenvalue weighted by Crippen LogP contribution is -2.38. The van der Waals surface area contributed by atoms with Crippen LogP contribution in [0.25, 0.3) is 11.1 Å². The smallest absolute Gasteiger partial charge is 0.303 e. The highest BCUT2D eigenvalue weighted by Crippen LogP contribution is 2.24. The molecule has 1 amide bonds. The summed E-state index contributed by atoms with van der Waals surface area (Å²) in [6.07, 6.45) is 4.95. The van der Waals surface area contributed by atoms with Gasteiger partial charge < -0.3 is 14.4 Å². The highest BCUT2D eigenvalue weighted by molar-refractivity contribution is 5.95. The quantitative estimate of drug-likeness (QED) is 0.940. The maximum atomic E-state index is 12.6. The summed E-state index contributed by atoms with van der Waals surface area (Å²) in [5.41, 5.74) is 2.55. The van der Waals surface area contributed by atoms with Crippen LogP contribution in [0.3, 0.4) is 0 Å². The van der Waals surface area contributed by atoms with Gasteiger partial charge in [0, 0.05) is 30.6 Å². The molecular weight excluding hydrogens is 294 g/mol. The number of amides is 1. The largest absolute Gasteiger partial charge is 0.481 e. The topological polar surface area (TPSA) is 70.8 Å². The van der Waals surface area contributed by atoms with Gasteiger partial charge in [0.25, 0.3) is 5.91 Å². The maximum absolute atomic E-state index is 12.6. The lowest BCUT2D eigenvalue weighted by atomic mass is 9.93. The molecule has 1 aliphatic heterocycles. The molecule has 2 heterocycles. The Bertz CT molecular complexity index is 685. The van der Waals surface area contributed by atoms with Crippen LogP contribution in [0.1, 0.15) is 29.6 Å². The van der Waals surface area contributed by atoms with E-state index in [-0.39, 0.29) is 18.2 Å². The summed E-state index contributed by atoms with van der Waals surface area (Å²) in [5, 5.41) is 8.85. The molecule has 0 spiro atoms. The van der Waals surface area contributed by atoms with Gasteiger partial charge in [-0.2, -0.15) is 0 Å². The van der Waals surface area contributed by atoms with Gasteiger partial charge in [-0.3, -0.25) is 9.59 Å². The minimum atomic E-state index is -0.761. The van der Waals surface area contributed by atoms with Crippen molar-refractivity contribution in [2.75, 3.05) is 13.1 Å². The Hall–Kier alpha value is -2.56. The van der Waals surface area contributed by atoms with Crippen LogP contribution < -0.4 is 0 Å². The third-order valence-corrected chi connectivity index (χ3v) is 4.33. The molecule has 120 valence electrons. The second-order valence-corrected chi connectivity index (χ2v) is 5.93. The van der Waals surface area contributed by atoms with Crippen LogP contribution >= 0.6 is 0 Å². The van der Waals surface area contributed by atoms with Crippen molar-refractivity contribution in [1.29, 1.82) is 0 Å². The van der Waals surface area contributed by atoms with E-state index in [1.807, 2.05) is 35.2 Å². The van der Waals surface area contributed by atoms with E-state index in [1.165, 1.54) is 0 Å². The van der Waals surface area contributed by atoms with Crippen molar-refractivity contribution in [3.63, 3.8) is 0 Å². The van der Waals surface area contributed by atoms with Gasteiger partial charge in [0.15, 0.2) is 0 Å². The molecule has 1 aromatic carbocycles. The summed E-state index contributed by atoms with van der Waals surface area (Å²) >= 11 is 0. The fourth-order valence-electron chi connectivity index (χ4n) is 3.03. The van der Waals surface area contributed by atoms with E-state index in [0.717, 1.165) is 24.0 Å². The first-order chi connectivity index (χ1) is 11.1. The number of furan rings is 1. The van der Waals surface area contributed by atoms with Gasteiger partial charge in [0.2, 0.25) is 0 Å². The molecule has 0 bridgehead atoms. The standard InChI is InChI=1S/C18H19NO4/c20-17(21)10-13-4-7-19(8-5-13)18(22)15-3-1-2-14(11-15)16-6-9-23-12-16/h1-3,6,9,11-13H,4-5,7-8,10H2,(H,20,21). The third-order valence-electron chi connectivity index (χ3n) is 4.33. The number of rotatable bonds is 4. The number of nitrogens with zero attached hydrogens (tertiary/aromatic N) is 1. The summed E-state index contributed by atoms with van der Waals surface area (Å²) in [7, 11) is 0. The zero-order chi connectivity index (χ0) is 16.2. The fourth-order valence-corrected chi connectivity index (χ4v) is 3.03. The predicted molar refractivity (Wildman–Crippen MR) is 85.0 cm³/mol. The van der Waals surface area contributed by atoms with Crippen molar-refractivity contribution >= 4 is 11.9 Å². The number of carbonyl (C=O) groups is 2. The molecule has 23 heavy (non-hydrogen) atoms. The minimum absolute atomic E-state index is 0.00381. The molecule has 0 atom stereocenters. The monoisotopic (exact) mass is 313 g/mol. The van der Waals surface area contributed by atoms with E-state index in [1.54, 1.807) is 12.5 Å². The Kier molecular flexibility index (Phi) is 4.46. The number of carboxylic acids is 1. The first-order valence-electron chi connectivity index (χ1n) is 7.77. The van der Waals surface area contributed by atoms with Crippen LogP contribution in [0.5, 0.6) is 0 Å². The Balaban J connectivity index is 1.67. The first kappa shape index (κ1) is 15.3. The summed E-state index contributed by atoms with van der Waals surface area (Å²) < 4.78 is 5.09. The lowest BCUT2D eigenvalue weighted by molar-refractivity contribution is -0.138. The van der Waals surface area contributed by atoms with Gasteiger partial charge in [0.05, 0.1) is 12.5 Å². The highest BCUT2D eigenvalue weighted by atomic mass is 16.4. The zero-order valence-electron chi connectivity index (χ0n) is 12.8. The normalized spacial score (nSPS) is 15.6. The Morgan fingerprint density at radius 3 is 2.61 bits per heavy atom. The Labute approximate surface area is 134 Å². The zero-order valence-corrected chi connectivity index (χ0v) is 12.8. The molecule has 2 aromatic rings. The van der Waals surface area contributed by atoms with Crippen LogP contribution in [-0.2, 0) is 4.79 Å². The summed E-state index contributed by atoms with van der Waals surface area (Å²) in [6, 6.07) is 9.36. The average molecular weight is 313 g/mol. The van der Waals surface area contributed by atoms with E-state index in [9.17, 15) is 9.59 Å². The van der Waals surface area contributed by atoms with Crippen molar-refractivity contribution in [3.05, 3.63) is 48.4 Å². The van der Waals surface area contributed by atoms with Gasteiger partial charge in [-0.05, 0) is 42.5 Å². The van der Waals surface area contributed by atoms with Crippen molar-refractivity contribution in [1.82, 2.24) is 4.90 Å². The van der Waals surface area contributed by atoms with Crippen molar-refractivity contribution < 1.29 is 19.1 Å². The minimum Gasteiger partial charge on any atom is -0.481 e. The SMILES string of the molecule is O=C(O)CC1CCN(C(=O)c2cccc(-c3ccoc3)c2)CC1. The van der Waals surface area contributed by atoms with Crippen LogP contribution in [0.2, 0.25) is 0 Å². The van der Waals surface area contributed by atoms with E-state index in [2.05, 4.69) is 0 Å². The van der Waals surface area contributed by atoms with Crippen molar-refractivity contribution in [2.24, 2.45) is 5.92 Å². The van der Waals surface area contributed by atoms with E-state index in [0.29, 0.717) is 18.7 Å². The van der Waals surface area contributed by atoms with Crippen LogP contribution in [-0.4, -0.2) is 35.0 Å². The molecule has 0 aliphatic carbocycles. The Morgan fingerprint density at radius 1 is 1.17 bits per heavy atom. The molecule has 5 heteroatoms. The van der Waals surface area contributed by atoms with Crippen LogP contribution in [0.4, 0.5) is 0 Å². The number of hydrogen-bond donors (Lipinski definition) is 1. The number of aliphatic carboxylic acids is 1. The summed E-state index contributed by atoms with van der Waals surface area (Å²) in [6.45, 7) is 1.24. The molecule has 3 rings (SSSR count). The van der Waals surface area contributed by atoms with E-state index >= 15 is 0 Å². The van der Waals surface area contributed by atoms with Crippen molar-refractivity contribution in [2.45, 2.75) is 19.3 Å². The van der Waals surface area contributed by atoms with Crippen molar-refractivity contribution in [3.8, 4) is 11.1 Å². The second-order valence-electron chi connectivity index (χ2n) is 5.93. The second kappa shape index (κ2) is 6.69. The van der Waals surface area contributed by atoms with E-state index in [4.69, 9.17) is 9.52 Å². The molecule has 5 nitrogen and oxygen atoms in total. The number of carboxylic acid groups (broad SMARTS) is 1. The summed E-state index contributed by atoms with van der Waals surface area (Å²) in [4.78, 5) is 25.2. The van der Waals surface area contributed by atoms with Gasteiger partial charge >= 0.3 is 5.97 Å². The van der Waals surface area contributed by atoms with Gasteiger partial charge in [0.1, 0.15) is 0 Å². The predicted octanol–water partition coefficient (Wildman–Crippen LogP) is 3.27. The number of piperidine rings is 1. The molecular formula is C18H19NO4. The average Bonchev–Trinajstić information content (AvgIpc) is 3.09. The first-order valence-corrected chi connectivity index (χ1v) is 7.77. The molecule has 1 aliphatic rings. The highest BCUT2D eigenvalue weighted by Gasteiger charge is 2.25. The van der Waals surface area contributed by atoms with Gasteiger partial charge in [-0.25, -0.2) is 0 Å². The number of likely N-dealkylation sites (tertiary alicyclic amines) is 1. The summed E-state index contributed by atoms with van der Waals surface area (Å²) in [5.74, 6) is -0.583. The molecule has 0 saturated carbocycles. The maximum Gasteiger partial charge on any atom is 0.303 e. The molecule has 0 unspecified atom stereocenters.